The normalized spacial score (nSPS) is 10.0. The second-order valence-corrected chi connectivity index (χ2v) is 3.99. The van der Waals surface area contributed by atoms with Gasteiger partial charge in [-0.3, -0.25) is 10.1 Å². The number of rotatable bonds is 4. The molecule has 0 unspecified atom stereocenters. The zero-order chi connectivity index (χ0) is 15.4. The molecule has 0 saturated heterocycles. The number of hydrogen-bond donors (Lipinski definition) is 0. The van der Waals surface area contributed by atoms with E-state index in [1.807, 2.05) is 0 Å². The highest BCUT2D eigenvalue weighted by Gasteiger charge is 2.17. The molecule has 0 bridgehead atoms. The van der Waals surface area contributed by atoms with Crippen LogP contribution in [0, 0.1) is 15.9 Å². The number of esters is 1. The molecule has 6 nitrogen and oxygen atoms in total. The highest BCUT2D eigenvalue weighted by molar-refractivity contribution is 5.91. The average Bonchev–Trinajstić information content (AvgIpc) is 2.47. The lowest BCUT2D eigenvalue weighted by Gasteiger charge is -2.08. The molecule has 0 aliphatic heterocycles. The van der Waals surface area contributed by atoms with Crippen molar-refractivity contribution in [2.24, 2.45) is 0 Å². The van der Waals surface area contributed by atoms with Crippen molar-refractivity contribution in [2.75, 3.05) is 7.11 Å². The van der Waals surface area contributed by atoms with Gasteiger partial charge < -0.3 is 9.47 Å². The summed E-state index contributed by atoms with van der Waals surface area (Å²) < 4.78 is 23.1. The van der Waals surface area contributed by atoms with E-state index in [0.29, 0.717) is 0 Å². The minimum absolute atomic E-state index is 0.0106. The molecule has 0 saturated carbocycles. The summed E-state index contributed by atoms with van der Waals surface area (Å²) in [7, 11) is 1.33. The molecule has 0 heterocycles. The largest absolute Gasteiger partial charge is 0.493 e. The first kappa shape index (κ1) is 14.4. The van der Waals surface area contributed by atoms with Crippen LogP contribution in [0.5, 0.6) is 11.5 Å². The van der Waals surface area contributed by atoms with Crippen molar-refractivity contribution in [1.29, 1.82) is 0 Å². The van der Waals surface area contributed by atoms with E-state index in [9.17, 15) is 19.3 Å². The van der Waals surface area contributed by atoms with Crippen LogP contribution in [0.15, 0.2) is 42.5 Å². The lowest BCUT2D eigenvalue weighted by atomic mass is 10.2. The molecule has 2 aromatic rings. The third-order valence-electron chi connectivity index (χ3n) is 2.62. The number of nitro groups is 1. The fraction of sp³-hybridized carbons (Fsp3) is 0.0714. The zero-order valence-corrected chi connectivity index (χ0v) is 10.9. The van der Waals surface area contributed by atoms with E-state index in [1.54, 1.807) is 0 Å². The molecule has 21 heavy (non-hydrogen) atoms. The predicted octanol–water partition coefficient (Wildman–Crippen LogP) is 2.96. The van der Waals surface area contributed by atoms with E-state index < -0.39 is 16.7 Å². The van der Waals surface area contributed by atoms with Gasteiger partial charge in [-0.1, -0.05) is 6.07 Å². The van der Waals surface area contributed by atoms with Crippen molar-refractivity contribution in [3.63, 3.8) is 0 Å². The van der Waals surface area contributed by atoms with Crippen LogP contribution >= 0.6 is 0 Å². The number of methoxy groups -OCH3 is 1. The fourth-order valence-electron chi connectivity index (χ4n) is 1.63. The maximum atomic E-state index is 13.1. The van der Waals surface area contributed by atoms with Gasteiger partial charge in [0.25, 0.3) is 5.69 Å². The summed E-state index contributed by atoms with van der Waals surface area (Å²) in [5.74, 6) is -1.38. The minimum atomic E-state index is -0.840. The molecule has 0 aliphatic rings. The Morgan fingerprint density at radius 3 is 2.57 bits per heavy atom. The number of benzene rings is 2. The highest BCUT2D eigenvalue weighted by atomic mass is 19.1. The Morgan fingerprint density at radius 1 is 1.19 bits per heavy atom. The summed E-state index contributed by atoms with van der Waals surface area (Å²) in [5, 5.41) is 10.7. The van der Waals surface area contributed by atoms with Crippen LogP contribution in [0.4, 0.5) is 10.1 Å². The summed E-state index contributed by atoms with van der Waals surface area (Å²) in [4.78, 5) is 22.0. The lowest BCUT2D eigenvalue weighted by molar-refractivity contribution is -0.384. The maximum absolute atomic E-state index is 13.1. The number of ether oxygens (including phenoxy) is 2. The summed E-state index contributed by atoms with van der Waals surface area (Å²) >= 11 is 0. The molecular weight excluding hydrogens is 281 g/mol. The van der Waals surface area contributed by atoms with E-state index in [-0.39, 0.29) is 22.7 Å². The second kappa shape index (κ2) is 6.00. The van der Waals surface area contributed by atoms with E-state index in [0.717, 1.165) is 12.1 Å². The summed E-state index contributed by atoms with van der Waals surface area (Å²) in [5.41, 5.74) is -0.263. The van der Waals surface area contributed by atoms with E-state index in [1.165, 1.54) is 37.4 Å². The number of carbonyl (C=O) groups is 1. The first-order chi connectivity index (χ1) is 10.0. The minimum Gasteiger partial charge on any atom is -0.493 e. The van der Waals surface area contributed by atoms with Crippen LogP contribution in [0.25, 0.3) is 0 Å². The number of carbonyl (C=O) groups excluding carboxylic acids is 1. The van der Waals surface area contributed by atoms with E-state index in [2.05, 4.69) is 0 Å². The Labute approximate surface area is 118 Å². The Hall–Kier alpha value is -2.96. The second-order valence-electron chi connectivity index (χ2n) is 3.99. The van der Waals surface area contributed by atoms with E-state index in [4.69, 9.17) is 9.47 Å². The van der Waals surface area contributed by atoms with Crippen molar-refractivity contribution in [3.8, 4) is 11.5 Å². The summed E-state index contributed by atoms with van der Waals surface area (Å²) in [6, 6.07) is 8.52. The molecular formula is C14H10FNO5. The maximum Gasteiger partial charge on any atom is 0.343 e. The molecule has 0 aliphatic carbocycles. The van der Waals surface area contributed by atoms with Crippen molar-refractivity contribution in [2.45, 2.75) is 0 Å². The van der Waals surface area contributed by atoms with Crippen molar-refractivity contribution < 1.29 is 23.6 Å². The molecule has 2 aromatic carbocycles. The molecule has 0 N–H and O–H groups in total. The number of hydrogen-bond acceptors (Lipinski definition) is 5. The first-order valence-electron chi connectivity index (χ1n) is 5.81. The number of nitrogens with zero attached hydrogens (tertiary/aromatic N) is 1. The van der Waals surface area contributed by atoms with Gasteiger partial charge in [-0.25, -0.2) is 9.18 Å². The fourth-order valence-corrected chi connectivity index (χ4v) is 1.63. The molecule has 0 aromatic heterocycles. The average molecular weight is 291 g/mol. The monoisotopic (exact) mass is 291 g/mol. The van der Waals surface area contributed by atoms with Crippen molar-refractivity contribution in [3.05, 3.63) is 64.0 Å². The molecule has 0 atom stereocenters. The van der Waals surface area contributed by atoms with Crippen LogP contribution in [0.2, 0.25) is 0 Å². The third kappa shape index (κ3) is 3.33. The molecule has 7 heteroatoms. The Balaban J connectivity index is 2.31. The van der Waals surface area contributed by atoms with Gasteiger partial charge in [-0.15, -0.1) is 0 Å². The van der Waals surface area contributed by atoms with Gasteiger partial charge in [0.2, 0.25) is 0 Å². The number of non-ortho nitro benzene ring substituents is 1. The first-order valence-corrected chi connectivity index (χ1v) is 5.81. The Bertz CT molecular complexity index is 702. The van der Waals surface area contributed by atoms with Crippen molar-refractivity contribution >= 4 is 11.7 Å². The molecule has 0 fully saturated rings. The van der Waals surface area contributed by atoms with Crippen LogP contribution in [-0.2, 0) is 0 Å². The van der Waals surface area contributed by atoms with Gasteiger partial charge in [0.15, 0.2) is 11.5 Å². The SMILES string of the molecule is COc1ccc([N+](=O)[O-])cc1OC(=O)c1cccc(F)c1. The van der Waals surface area contributed by atoms with Gasteiger partial charge in [0.05, 0.1) is 23.7 Å². The highest BCUT2D eigenvalue weighted by Crippen LogP contribution is 2.31. The Kier molecular flexibility index (Phi) is 4.13. The van der Waals surface area contributed by atoms with Gasteiger partial charge in [-0.2, -0.15) is 0 Å². The van der Waals surface area contributed by atoms with Gasteiger partial charge in [-0.05, 0) is 24.3 Å². The number of halogens is 1. The third-order valence-corrected chi connectivity index (χ3v) is 2.62. The molecule has 0 amide bonds. The molecule has 108 valence electrons. The molecule has 0 spiro atoms. The molecule has 0 radical (unpaired) electrons. The number of nitro benzene ring substituents is 1. The zero-order valence-electron chi connectivity index (χ0n) is 10.9. The van der Waals surface area contributed by atoms with Gasteiger partial charge in [0.1, 0.15) is 5.82 Å². The summed E-state index contributed by atoms with van der Waals surface area (Å²) in [6.07, 6.45) is 0. The smallest absolute Gasteiger partial charge is 0.343 e. The Morgan fingerprint density at radius 2 is 1.95 bits per heavy atom. The van der Waals surface area contributed by atoms with Crippen LogP contribution < -0.4 is 9.47 Å². The van der Waals surface area contributed by atoms with Gasteiger partial charge >= 0.3 is 5.97 Å². The van der Waals surface area contributed by atoms with Gasteiger partial charge in [0, 0.05) is 6.07 Å². The standard InChI is InChI=1S/C14H10FNO5/c1-20-12-6-5-11(16(18)19)8-13(12)21-14(17)9-3-2-4-10(15)7-9/h2-8H,1H3. The van der Waals surface area contributed by atoms with E-state index >= 15 is 0 Å². The van der Waals surface area contributed by atoms with Crippen LogP contribution in [-0.4, -0.2) is 18.0 Å². The summed E-state index contributed by atoms with van der Waals surface area (Å²) in [6.45, 7) is 0. The quantitative estimate of drug-likeness (QED) is 0.374. The molecule has 2 rings (SSSR count). The topological polar surface area (TPSA) is 78.7 Å². The van der Waals surface area contributed by atoms with Crippen LogP contribution in [0.3, 0.4) is 0 Å². The lowest BCUT2D eigenvalue weighted by Crippen LogP contribution is -2.09. The van der Waals surface area contributed by atoms with Crippen LogP contribution in [0.1, 0.15) is 10.4 Å². The predicted molar refractivity (Wildman–Crippen MR) is 71.0 cm³/mol. The van der Waals surface area contributed by atoms with Crippen molar-refractivity contribution in [1.82, 2.24) is 0 Å².